The van der Waals surface area contributed by atoms with E-state index >= 15 is 0 Å². The summed E-state index contributed by atoms with van der Waals surface area (Å²) in [6, 6.07) is 6.77. The minimum atomic E-state index is -0.971. The van der Waals surface area contributed by atoms with E-state index in [0.29, 0.717) is 6.61 Å². The van der Waals surface area contributed by atoms with Gasteiger partial charge in [-0.3, -0.25) is 0 Å². The molecule has 4 heteroatoms. The second-order valence-electron chi connectivity index (χ2n) is 7.22. The molecule has 1 aromatic rings. The van der Waals surface area contributed by atoms with Gasteiger partial charge in [-0.05, 0) is 50.3 Å². The number of halogens is 1. The Morgan fingerprint density at radius 2 is 1.44 bits per heavy atom. The van der Waals surface area contributed by atoms with Crippen LogP contribution in [0.5, 0.6) is 0 Å². The summed E-state index contributed by atoms with van der Waals surface area (Å²) in [6.45, 7) is 4.75. The quantitative estimate of drug-likeness (QED) is 0.241. The van der Waals surface area contributed by atoms with Crippen molar-refractivity contribution in [1.82, 2.24) is 0 Å². The Bertz CT molecular complexity index is 471. The average Bonchev–Trinajstić information content (AvgIpc) is 2.69. The van der Waals surface area contributed by atoms with Crippen molar-refractivity contribution in [2.45, 2.75) is 84.0 Å². The second kappa shape index (κ2) is 14.1. The van der Waals surface area contributed by atoms with Crippen molar-refractivity contribution >= 4 is 0 Å². The van der Waals surface area contributed by atoms with Crippen molar-refractivity contribution in [3.05, 3.63) is 35.6 Å². The molecule has 156 valence electrons. The van der Waals surface area contributed by atoms with E-state index < -0.39 is 5.97 Å². The van der Waals surface area contributed by atoms with E-state index in [2.05, 4.69) is 6.92 Å². The maximum absolute atomic E-state index is 13.1. The van der Waals surface area contributed by atoms with Gasteiger partial charge in [-0.1, -0.05) is 57.6 Å². The predicted octanol–water partition coefficient (Wildman–Crippen LogP) is 6.50. The summed E-state index contributed by atoms with van der Waals surface area (Å²) >= 11 is 0. The highest BCUT2D eigenvalue weighted by Gasteiger charge is 2.39. The highest BCUT2D eigenvalue weighted by molar-refractivity contribution is 5.15. The molecule has 0 aromatic heterocycles. The van der Waals surface area contributed by atoms with E-state index in [1.54, 1.807) is 14.2 Å². The molecule has 0 radical (unpaired) electrons. The summed E-state index contributed by atoms with van der Waals surface area (Å²) in [7, 11) is 3.32. The first-order chi connectivity index (χ1) is 13.1. The van der Waals surface area contributed by atoms with Crippen molar-refractivity contribution < 1.29 is 18.6 Å². The normalized spacial score (nSPS) is 13.1. The van der Waals surface area contributed by atoms with Crippen LogP contribution in [0.4, 0.5) is 4.39 Å². The molecular formula is C23H39FO3. The zero-order chi connectivity index (χ0) is 20.0. The third-order valence-corrected chi connectivity index (χ3v) is 5.25. The van der Waals surface area contributed by atoms with E-state index in [0.717, 1.165) is 37.7 Å². The first kappa shape index (κ1) is 24.1. The van der Waals surface area contributed by atoms with Gasteiger partial charge in [0.1, 0.15) is 5.82 Å². The van der Waals surface area contributed by atoms with Gasteiger partial charge in [0.15, 0.2) is 0 Å². The van der Waals surface area contributed by atoms with E-state index in [1.807, 2.05) is 19.1 Å². The minimum absolute atomic E-state index is 0.180. The largest absolute Gasteiger partial charge is 0.331 e. The van der Waals surface area contributed by atoms with Crippen molar-refractivity contribution in [3.63, 3.8) is 0 Å². The molecule has 1 aromatic carbocycles. The molecule has 3 nitrogen and oxygen atoms in total. The minimum Gasteiger partial charge on any atom is -0.331 e. The fourth-order valence-electron chi connectivity index (χ4n) is 3.73. The lowest BCUT2D eigenvalue weighted by atomic mass is 9.91. The van der Waals surface area contributed by atoms with Gasteiger partial charge < -0.3 is 14.2 Å². The smallest absolute Gasteiger partial charge is 0.285 e. The molecule has 27 heavy (non-hydrogen) atoms. The lowest BCUT2D eigenvalue weighted by Crippen LogP contribution is -2.45. The molecule has 0 bridgehead atoms. The lowest BCUT2D eigenvalue weighted by molar-refractivity contribution is -0.388. The molecule has 0 aliphatic heterocycles. The lowest BCUT2D eigenvalue weighted by Gasteiger charge is -2.37. The highest BCUT2D eigenvalue weighted by atomic mass is 19.1. The van der Waals surface area contributed by atoms with Gasteiger partial charge in [0, 0.05) is 26.7 Å². The van der Waals surface area contributed by atoms with Crippen LogP contribution in [-0.2, 0) is 20.6 Å². The van der Waals surface area contributed by atoms with Crippen LogP contribution in [0, 0.1) is 11.7 Å². The Balaban J connectivity index is 2.60. The molecule has 0 amide bonds. The van der Waals surface area contributed by atoms with Gasteiger partial charge in [0.05, 0.1) is 0 Å². The van der Waals surface area contributed by atoms with Crippen LogP contribution >= 0.6 is 0 Å². The molecule has 1 unspecified atom stereocenters. The monoisotopic (exact) mass is 382 g/mol. The molecule has 0 aliphatic carbocycles. The van der Waals surface area contributed by atoms with Crippen molar-refractivity contribution in [3.8, 4) is 0 Å². The van der Waals surface area contributed by atoms with Gasteiger partial charge in [-0.15, -0.1) is 0 Å². The fourth-order valence-corrected chi connectivity index (χ4v) is 3.73. The second-order valence-corrected chi connectivity index (χ2v) is 7.22. The van der Waals surface area contributed by atoms with Crippen molar-refractivity contribution in [1.29, 1.82) is 0 Å². The fraction of sp³-hybridized carbons (Fsp3) is 0.739. The third-order valence-electron chi connectivity index (χ3n) is 5.25. The zero-order valence-electron chi connectivity index (χ0n) is 17.8. The van der Waals surface area contributed by atoms with E-state index in [-0.39, 0.29) is 11.7 Å². The number of unbranched alkanes of at least 4 members (excludes halogenated alkanes) is 5. The molecule has 0 saturated heterocycles. The summed E-state index contributed by atoms with van der Waals surface area (Å²) in [5, 5.41) is 0. The van der Waals surface area contributed by atoms with Crippen LogP contribution in [0.3, 0.4) is 0 Å². The molecule has 0 heterocycles. The Labute approximate surface area is 165 Å². The Hall–Kier alpha value is -0.970. The van der Waals surface area contributed by atoms with E-state index in [9.17, 15) is 4.39 Å². The van der Waals surface area contributed by atoms with Crippen LogP contribution in [-0.4, -0.2) is 26.8 Å². The molecule has 0 aliphatic rings. The average molecular weight is 383 g/mol. The maximum atomic E-state index is 13.1. The van der Waals surface area contributed by atoms with Crippen LogP contribution in [0.25, 0.3) is 0 Å². The third kappa shape index (κ3) is 8.71. The first-order valence-electron chi connectivity index (χ1n) is 10.6. The van der Waals surface area contributed by atoms with Crippen LogP contribution in [0.1, 0.15) is 77.2 Å². The summed E-state index contributed by atoms with van der Waals surface area (Å²) in [5.74, 6) is -0.978. The first-order valence-corrected chi connectivity index (χ1v) is 10.6. The Kier molecular flexibility index (Phi) is 12.6. The highest BCUT2D eigenvalue weighted by Crippen LogP contribution is 2.33. The van der Waals surface area contributed by atoms with Gasteiger partial charge in [0.25, 0.3) is 5.97 Å². The van der Waals surface area contributed by atoms with Crippen LogP contribution in [0.2, 0.25) is 0 Å². The Morgan fingerprint density at radius 1 is 0.852 bits per heavy atom. The number of hydrogen-bond donors (Lipinski definition) is 0. The zero-order valence-corrected chi connectivity index (χ0v) is 17.8. The number of ether oxygens (including phenoxy) is 3. The van der Waals surface area contributed by atoms with E-state index in [1.165, 1.54) is 44.2 Å². The van der Waals surface area contributed by atoms with Crippen LogP contribution in [0.15, 0.2) is 24.3 Å². The molecule has 1 atom stereocenters. The Morgan fingerprint density at radius 3 is 2.04 bits per heavy atom. The topological polar surface area (TPSA) is 27.7 Å². The summed E-state index contributed by atoms with van der Waals surface area (Å²) in [6.07, 6.45) is 11.5. The SMILES string of the molecule is CCCCCCCCC(CCCc1ccc(F)cc1)C(OC)(OC)OCC. The van der Waals surface area contributed by atoms with Crippen LogP contribution < -0.4 is 0 Å². The molecule has 0 N–H and O–H groups in total. The number of methoxy groups -OCH3 is 2. The number of hydrogen-bond acceptors (Lipinski definition) is 3. The van der Waals surface area contributed by atoms with Gasteiger partial charge in [0.2, 0.25) is 0 Å². The van der Waals surface area contributed by atoms with Gasteiger partial charge in [-0.25, -0.2) is 4.39 Å². The maximum Gasteiger partial charge on any atom is 0.285 e. The summed E-state index contributed by atoms with van der Waals surface area (Å²) in [4.78, 5) is 0. The number of rotatable bonds is 16. The molecule has 1 rings (SSSR count). The summed E-state index contributed by atoms with van der Waals surface area (Å²) < 4.78 is 30.4. The predicted molar refractivity (Wildman–Crippen MR) is 109 cm³/mol. The van der Waals surface area contributed by atoms with Crippen molar-refractivity contribution in [2.24, 2.45) is 5.92 Å². The standard InChI is InChI=1S/C23H39FO3/c1-5-7-8-9-10-11-14-21(23(25-3,26-4)27-6-2)15-12-13-20-16-18-22(24)19-17-20/h16-19,21H,5-15H2,1-4H3. The van der Waals surface area contributed by atoms with Gasteiger partial charge in [-0.2, -0.15) is 0 Å². The summed E-state index contributed by atoms with van der Waals surface area (Å²) in [5.41, 5.74) is 1.16. The van der Waals surface area contributed by atoms with Gasteiger partial charge >= 0.3 is 0 Å². The molecule has 0 spiro atoms. The molecule has 0 saturated carbocycles. The van der Waals surface area contributed by atoms with Crippen molar-refractivity contribution in [2.75, 3.05) is 20.8 Å². The molecule has 0 fully saturated rings. The molecular weight excluding hydrogens is 343 g/mol. The number of aryl methyl sites for hydroxylation is 1. The number of benzene rings is 1. The van der Waals surface area contributed by atoms with E-state index in [4.69, 9.17) is 14.2 Å².